The Hall–Kier alpha value is -2.83. The zero-order chi connectivity index (χ0) is 20.3. The highest BCUT2D eigenvalue weighted by Crippen LogP contribution is 2.55. The Morgan fingerprint density at radius 1 is 1.21 bits per heavy atom. The van der Waals surface area contributed by atoms with Crippen LogP contribution >= 0.6 is 0 Å². The molecule has 2 unspecified atom stereocenters. The van der Waals surface area contributed by atoms with Crippen LogP contribution in [0.25, 0.3) is 17.1 Å². The van der Waals surface area contributed by atoms with E-state index in [9.17, 15) is 19.5 Å². The molecule has 2 atom stereocenters. The lowest BCUT2D eigenvalue weighted by molar-refractivity contribution is -0.115. The van der Waals surface area contributed by atoms with Gasteiger partial charge in [-0.3, -0.25) is 4.79 Å². The number of rotatable bonds is 1. The topological polar surface area (TPSA) is 106 Å². The Morgan fingerprint density at radius 2 is 1.93 bits per heavy atom. The van der Waals surface area contributed by atoms with Crippen LogP contribution in [-0.2, 0) is 4.79 Å². The Labute approximate surface area is 162 Å². The molecule has 3 N–H and O–H groups in total. The molecule has 2 heterocycles. The Kier molecular flexibility index (Phi) is 4.03. The minimum Gasteiger partial charge on any atom is -0.465 e. The molecule has 0 bridgehead atoms. The van der Waals surface area contributed by atoms with Gasteiger partial charge in [0.1, 0.15) is 0 Å². The van der Waals surface area contributed by atoms with Crippen LogP contribution in [-0.4, -0.2) is 44.4 Å². The number of hydrogen-bond acceptors (Lipinski definition) is 3. The monoisotopic (exact) mass is 383 g/mol. The molecule has 7 heteroatoms. The van der Waals surface area contributed by atoms with Crippen LogP contribution in [0.3, 0.4) is 0 Å². The van der Waals surface area contributed by atoms with Crippen LogP contribution in [0.1, 0.15) is 45.6 Å². The van der Waals surface area contributed by atoms with Crippen molar-refractivity contribution in [3.05, 3.63) is 39.8 Å². The summed E-state index contributed by atoms with van der Waals surface area (Å²) in [5.74, 6) is 0.0872. The number of likely N-dealkylation sites (tertiary alicyclic amines) is 1. The van der Waals surface area contributed by atoms with E-state index in [1.54, 1.807) is 0 Å². The summed E-state index contributed by atoms with van der Waals surface area (Å²) in [6.45, 7) is 6.60. The average molecular weight is 383 g/mol. The van der Waals surface area contributed by atoms with Gasteiger partial charge < -0.3 is 20.0 Å². The molecule has 0 radical (unpaired) electrons. The Balaban J connectivity index is 1.69. The summed E-state index contributed by atoms with van der Waals surface area (Å²) in [4.78, 5) is 43.0. The molecule has 4 rings (SSSR count). The van der Waals surface area contributed by atoms with Crippen LogP contribution in [0.2, 0.25) is 0 Å². The highest BCUT2D eigenvalue weighted by molar-refractivity contribution is 6.02. The van der Waals surface area contributed by atoms with Gasteiger partial charge >= 0.3 is 11.8 Å². The fourth-order valence-electron chi connectivity index (χ4n) is 5.35. The minimum atomic E-state index is -0.913. The first-order chi connectivity index (χ1) is 13.1. The van der Waals surface area contributed by atoms with Gasteiger partial charge in [0.05, 0.1) is 11.0 Å². The van der Waals surface area contributed by atoms with Gasteiger partial charge in [-0.2, -0.15) is 0 Å². The molecule has 1 aliphatic heterocycles. The Bertz CT molecular complexity index is 1060. The number of carbonyl (C=O) groups is 2. The predicted molar refractivity (Wildman–Crippen MR) is 106 cm³/mol. The van der Waals surface area contributed by atoms with Gasteiger partial charge in [0, 0.05) is 24.4 Å². The zero-order valence-electron chi connectivity index (χ0n) is 16.3. The summed E-state index contributed by atoms with van der Waals surface area (Å²) >= 11 is 0. The van der Waals surface area contributed by atoms with Crippen molar-refractivity contribution in [2.75, 3.05) is 6.54 Å². The van der Waals surface area contributed by atoms with Crippen LogP contribution in [0.15, 0.2) is 28.6 Å². The number of amides is 1. The number of aromatic amines is 2. The molecule has 2 fully saturated rings. The first-order valence-electron chi connectivity index (χ1n) is 9.54. The molecule has 1 saturated carbocycles. The van der Waals surface area contributed by atoms with Crippen LogP contribution in [0.5, 0.6) is 0 Å². The smallest absolute Gasteiger partial charge is 0.407 e. The van der Waals surface area contributed by atoms with Crippen LogP contribution in [0.4, 0.5) is 4.79 Å². The quantitative estimate of drug-likeness (QED) is 0.656. The second kappa shape index (κ2) is 6.09. The number of benzene rings is 1. The number of nitrogens with one attached hydrogen (secondary N) is 2. The molecule has 1 aromatic heterocycles. The first kappa shape index (κ1) is 18.5. The molecule has 7 nitrogen and oxygen atoms in total. The van der Waals surface area contributed by atoms with E-state index in [1.165, 1.54) is 4.90 Å². The van der Waals surface area contributed by atoms with Crippen molar-refractivity contribution in [3.8, 4) is 0 Å². The highest BCUT2D eigenvalue weighted by atomic mass is 16.4. The van der Waals surface area contributed by atoms with E-state index in [-0.39, 0.29) is 28.3 Å². The van der Waals surface area contributed by atoms with Gasteiger partial charge in [-0.25, -0.2) is 9.59 Å². The van der Waals surface area contributed by atoms with Gasteiger partial charge in [-0.15, -0.1) is 0 Å². The molecule has 1 saturated heterocycles. The zero-order valence-corrected chi connectivity index (χ0v) is 16.3. The third kappa shape index (κ3) is 2.95. The van der Waals surface area contributed by atoms with Crippen molar-refractivity contribution in [1.82, 2.24) is 14.9 Å². The van der Waals surface area contributed by atoms with E-state index in [0.29, 0.717) is 31.3 Å². The fraction of sp³-hybridized carbons (Fsp3) is 0.476. The summed E-state index contributed by atoms with van der Waals surface area (Å²) in [5.41, 5.74) is 2.15. The van der Waals surface area contributed by atoms with E-state index in [1.807, 2.05) is 45.0 Å². The highest BCUT2D eigenvalue weighted by Gasteiger charge is 2.57. The summed E-state index contributed by atoms with van der Waals surface area (Å²) in [5, 5.41) is 9.65. The minimum absolute atomic E-state index is 0.0872. The number of carboxylic acid groups (broad SMARTS) is 1. The number of aromatic nitrogens is 2. The molecular weight excluding hydrogens is 358 g/mol. The van der Waals surface area contributed by atoms with Crippen molar-refractivity contribution in [1.29, 1.82) is 0 Å². The lowest BCUT2D eigenvalue weighted by Crippen LogP contribution is -2.49. The van der Waals surface area contributed by atoms with E-state index in [4.69, 9.17) is 0 Å². The molecule has 1 aliphatic carbocycles. The van der Waals surface area contributed by atoms with Crippen molar-refractivity contribution in [3.63, 3.8) is 0 Å². The second-order valence-electron chi connectivity index (χ2n) is 9.19. The molecule has 1 aromatic carbocycles. The van der Waals surface area contributed by atoms with Gasteiger partial charge in [-0.05, 0) is 47.6 Å². The van der Waals surface area contributed by atoms with E-state index in [2.05, 4.69) is 9.97 Å². The molecule has 1 amide bonds. The number of fused-ring (bicyclic) bond motifs is 1. The SMILES string of the molecule is CC(C)(C)C1N(C(=O)O)CCC12CC(=O)C(=Cc1ccc3[nH]c(=O)[nH]c3c1)C2. The van der Waals surface area contributed by atoms with Gasteiger partial charge in [0.2, 0.25) is 0 Å². The normalized spacial score (nSPS) is 26.8. The largest absolute Gasteiger partial charge is 0.465 e. The number of Topliss-reactive ketones (excluding diaryl/α,β-unsaturated/α-hetero) is 1. The second-order valence-corrected chi connectivity index (χ2v) is 9.19. The lowest BCUT2D eigenvalue weighted by atomic mass is 9.68. The summed E-state index contributed by atoms with van der Waals surface area (Å²) < 4.78 is 0. The standard InChI is InChI=1S/C21H25N3O4/c1-20(2,3)17-21(6-7-24(17)19(27)28)10-13(16(25)11-21)8-12-4-5-14-15(9-12)23-18(26)22-14/h4-5,8-9,17H,6-7,10-11H2,1-3H3,(H,27,28)(H2,22,23,26). The van der Waals surface area contributed by atoms with Gasteiger partial charge in [0.25, 0.3) is 0 Å². The van der Waals surface area contributed by atoms with Crippen molar-refractivity contribution < 1.29 is 14.7 Å². The number of H-pyrrole nitrogens is 2. The van der Waals surface area contributed by atoms with Gasteiger partial charge in [0.15, 0.2) is 5.78 Å². The average Bonchev–Trinajstić information content (AvgIpc) is 3.22. The summed E-state index contributed by atoms with van der Waals surface area (Å²) in [6.07, 6.45) is 2.63. The number of ketones is 1. The molecule has 2 aromatic rings. The first-order valence-corrected chi connectivity index (χ1v) is 9.54. The number of imidazole rings is 1. The number of carbonyl (C=O) groups excluding carboxylic acids is 1. The molecule has 28 heavy (non-hydrogen) atoms. The Morgan fingerprint density at radius 3 is 2.61 bits per heavy atom. The van der Waals surface area contributed by atoms with Crippen molar-refractivity contribution >= 4 is 29.0 Å². The predicted octanol–water partition coefficient (Wildman–Crippen LogP) is 3.39. The van der Waals surface area contributed by atoms with Crippen molar-refractivity contribution in [2.45, 2.75) is 46.1 Å². The molecular formula is C21H25N3O4. The number of allylic oxidation sites excluding steroid dienone is 1. The maximum absolute atomic E-state index is 12.9. The molecule has 1 spiro atoms. The number of hydrogen-bond donors (Lipinski definition) is 3. The maximum Gasteiger partial charge on any atom is 0.407 e. The molecule has 2 aliphatic rings. The van der Waals surface area contributed by atoms with Crippen molar-refractivity contribution in [2.24, 2.45) is 10.8 Å². The van der Waals surface area contributed by atoms with Crippen LogP contribution in [0, 0.1) is 10.8 Å². The summed E-state index contributed by atoms with van der Waals surface area (Å²) in [7, 11) is 0. The number of nitrogens with zero attached hydrogens (tertiary/aromatic N) is 1. The van der Waals surface area contributed by atoms with Crippen LogP contribution < -0.4 is 5.69 Å². The lowest BCUT2D eigenvalue weighted by Gasteiger charge is -2.42. The summed E-state index contributed by atoms with van der Waals surface area (Å²) in [6, 6.07) is 5.33. The third-order valence-electron chi connectivity index (χ3n) is 6.10. The van der Waals surface area contributed by atoms with Gasteiger partial charge in [-0.1, -0.05) is 26.8 Å². The van der Waals surface area contributed by atoms with E-state index in [0.717, 1.165) is 16.7 Å². The van der Waals surface area contributed by atoms with E-state index >= 15 is 0 Å². The maximum atomic E-state index is 12.9. The third-order valence-corrected chi connectivity index (χ3v) is 6.10. The van der Waals surface area contributed by atoms with E-state index < -0.39 is 6.09 Å². The fourth-order valence-corrected chi connectivity index (χ4v) is 5.35. The molecule has 148 valence electrons.